The standard InChI is InChI=1S/C19H25N3O2/c23-19(16-9-12-3-4-15(16)8-12)22-7-1-2-13(11-22)10-17-20-18(21-24-17)14-5-6-14/h3-4,12-16H,1-2,5-11H2/t12-,13+,15-,16+/m0/s1. The average Bonchev–Trinajstić information content (AvgIpc) is 3.02. The van der Waals surface area contributed by atoms with Crippen LogP contribution < -0.4 is 0 Å². The highest BCUT2D eigenvalue weighted by atomic mass is 16.5. The van der Waals surface area contributed by atoms with E-state index in [1.807, 2.05) is 0 Å². The van der Waals surface area contributed by atoms with Gasteiger partial charge in [-0.2, -0.15) is 4.98 Å². The fourth-order valence-corrected chi connectivity index (χ4v) is 4.84. The molecule has 3 fully saturated rings. The number of hydrogen-bond acceptors (Lipinski definition) is 4. The molecular formula is C19H25N3O2. The molecule has 0 aromatic carbocycles. The monoisotopic (exact) mass is 327 g/mol. The predicted molar refractivity (Wildman–Crippen MR) is 88.1 cm³/mol. The van der Waals surface area contributed by atoms with Crippen LogP contribution in [0.15, 0.2) is 16.7 Å². The molecule has 0 unspecified atom stereocenters. The van der Waals surface area contributed by atoms with Crippen LogP contribution >= 0.6 is 0 Å². The van der Waals surface area contributed by atoms with Crippen molar-refractivity contribution in [3.05, 3.63) is 23.9 Å². The summed E-state index contributed by atoms with van der Waals surface area (Å²) in [5, 5.41) is 4.11. The number of allylic oxidation sites excluding steroid dienone is 2. The first-order valence-corrected chi connectivity index (χ1v) is 9.56. The zero-order valence-electron chi connectivity index (χ0n) is 14.1. The Hall–Kier alpha value is -1.65. The van der Waals surface area contributed by atoms with Gasteiger partial charge < -0.3 is 9.42 Å². The zero-order valence-corrected chi connectivity index (χ0v) is 14.1. The summed E-state index contributed by atoms with van der Waals surface area (Å²) >= 11 is 0. The number of likely N-dealkylation sites (tertiary alicyclic amines) is 1. The highest BCUT2D eigenvalue weighted by molar-refractivity contribution is 5.80. The molecule has 1 aromatic heterocycles. The summed E-state index contributed by atoms with van der Waals surface area (Å²) < 4.78 is 5.43. The number of amides is 1. The number of hydrogen-bond donors (Lipinski definition) is 0. The topological polar surface area (TPSA) is 59.2 Å². The second kappa shape index (κ2) is 5.71. The Labute approximate surface area is 142 Å². The second-order valence-electron chi connectivity index (χ2n) is 8.20. The van der Waals surface area contributed by atoms with Gasteiger partial charge in [0.2, 0.25) is 11.8 Å². The Morgan fingerprint density at radius 3 is 2.92 bits per heavy atom. The minimum atomic E-state index is 0.239. The van der Waals surface area contributed by atoms with Crippen LogP contribution in [0.3, 0.4) is 0 Å². The van der Waals surface area contributed by atoms with E-state index in [4.69, 9.17) is 4.52 Å². The van der Waals surface area contributed by atoms with Crippen molar-refractivity contribution in [2.24, 2.45) is 23.7 Å². The summed E-state index contributed by atoms with van der Waals surface area (Å²) in [5.74, 6) is 4.44. The fourth-order valence-electron chi connectivity index (χ4n) is 4.84. The first-order chi connectivity index (χ1) is 11.8. The van der Waals surface area contributed by atoms with Crippen molar-refractivity contribution >= 4 is 5.91 Å². The molecule has 1 aliphatic heterocycles. The number of carbonyl (C=O) groups excluding carboxylic acids is 1. The maximum Gasteiger partial charge on any atom is 0.226 e. The number of carbonyl (C=O) groups is 1. The van der Waals surface area contributed by atoms with Gasteiger partial charge in [-0.1, -0.05) is 17.3 Å². The molecule has 5 nitrogen and oxygen atoms in total. The van der Waals surface area contributed by atoms with Crippen molar-refractivity contribution in [3.8, 4) is 0 Å². The molecule has 1 saturated heterocycles. The smallest absolute Gasteiger partial charge is 0.226 e. The molecule has 0 spiro atoms. The van der Waals surface area contributed by atoms with Crippen molar-refractivity contribution in [3.63, 3.8) is 0 Å². The lowest BCUT2D eigenvalue weighted by Gasteiger charge is -2.35. The summed E-state index contributed by atoms with van der Waals surface area (Å²) in [6.07, 6.45) is 12.3. The molecule has 3 aliphatic carbocycles. The van der Waals surface area contributed by atoms with Crippen LogP contribution in [0.4, 0.5) is 0 Å². The third kappa shape index (κ3) is 2.68. The van der Waals surface area contributed by atoms with Crippen molar-refractivity contribution < 1.29 is 9.32 Å². The Morgan fingerprint density at radius 2 is 2.17 bits per heavy atom. The summed E-state index contributed by atoms with van der Waals surface area (Å²) in [6, 6.07) is 0. The molecule has 0 radical (unpaired) electrons. The van der Waals surface area contributed by atoms with E-state index in [9.17, 15) is 4.79 Å². The SMILES string of the molecule is O=C([C@@H]1C[C@H]2C=C[C@H]1C2)N1CCC[C@H](Cc2nc(C3CC3)no2)C1. The first kappa shape index (κ1) is 14.7. The van der Waals surface area contributed by atoms with E-state index in [1.165, 1.54) is 19.3 Å². The molecule has 24 heavy (non-hydrogen) atoms. The number of rotatable bonds is 4. The number of fused-ring (bicyclic) bond motifs is 2. The lowest BCUT2D eigenvalue weighted by atomic mass is 9.89. The lowest BCUT2D eigenvalue weighted by Crippen LogP contribution is -2.44. The van der Waals surface area contributed by atoms with Crippen molar-refractivity contribution in [1.29, 1.82) is 0 Å². The highest BCUT2D eigenvalue weighted by Gasteiger charge is 2.42. The summed E-state index contributed by atoms with van der Waals surface area (Å²) in [6.45, 7) is 1.78. The molecule has 1 aromatic rings. The molecule has 4 atom stereocenters. The van der Waals surface area contributed by atoms with Gasteiger partial charge in [-0.25, -0.2) is 0 Å². The summed E-state index contributed by atoms with van der Waals surface area (Å²) in [4.78, 5) is 19.6. The van der Waals surface area contributed by atoms with Gasteiger partial charge in [-0.3, -0.25) is 4.79 Å². The van der Waals surface area contributed by atoms with Crippen LogP contribution in [0.5, 0.6) is 0 Å². The Balaban J connectivity index is 1.21. The predicted octanol–water partition coefficient (Wildman–Crippen LogP) is 2.94. The Bertz CT molecular complexity index is 663. The first-order valence-electron chi connectivity index (χ1n) is 9.56. The molecule has 5 rings (SSSR count). The van der Waals surface area contributed by atoms with Crippen molar-refractivity contribution in [1.82, 2.24) is 15.0 Å². The summed E-state index contributed by atoms with van der Waals surface area (Å²) in [5.41, 5.74) is 0. The molecule has 1 amide bonds. The van der Waals surface area contributed by atoms with E-state index in [0.717, 1.165) is 50.5 Å². The second-order valence-corrected chi connectivity index (χ2v) is 8.20. The van der Waals surface area contributed by atoms with Gasteiger partial charge >= 0.3 is 0 Å². The zero-order chi connectivity index (χ0) is 16.1. The Morgan fingerprint density at radius 1 is 1.25 bits per heavy atom. The van der Waals surface area contributed by atoms with Crippen LogP contribution in [0.1, 0.15) is 56.2 Å². The molecule has 0 N–H and O–H groups in total. The molecule has 2 heterocycles. The fraction of sp³-hybridized carbons (Fsp3) is 0.737. The van der Waals surface area contributed by atoms with E-state index >= 15 is 0 Å². The summed E-state index contributed by atoms with van der Waals surface area (Å²) in [7, 11) is 0. The van der Waals surface area contributed by atoms with Crippen LogP contribution in [0.25, 0.3) is 0 Å². The molecule has 5 heteroatoms. The van der Waals surface area contributed by atoms with E-state index in [0.29, 0.717) is 29.6 Å². The highest BCUT2D eigenvalue weighted by Crippen LogP contribution is 2.44. The largest absolute Gasteiger partial charge is 0.342 e. The molecular weight excluding hydrogens is 302 g/mol. The van der Waals surface area contributed by atoms with E-state index in [-0.39, 0.29) is 5.92 Å². The van der Waals surface area contributed by atoms with E-state index < -0.39 is 0 Å². The van der Waals surface area contributed by atoms with Crippen molar-refractivity contribution in [2.45, 2.75) is 50.9 Å². The lowest BCUT2D eigenvalue weighted by molar-refractivity contribution is -0.138. The third-order valence-corrected chi connectivity index (χ3v) is 6.32. The number of nitrogens with zero attached hydrogens (tertiary/aromatic N) is 3. The minimum absolute atomic E-state index is 0.239. The molecule has 128 valence electrons. The minimum Gasteiger partial charge on any atom is -0.342 e. The van der Waals surface area contributed by atoms with Gasteiger partial charge in [0.15, 0.2) is 5.82 Å². The van der Waals surface area contributed by atoms with Gasteiger partial charge in [-0.05, 0) is 56.3 Å². The Kier molecular flexibility index (Phi) is 3.49. The molecule has 2 saturated carbocycles. The van der Waals surface area contributed by atoms with Crippen LogP contribution in [0, 0.1) is 23.7 Å². The van der Waals surface area contributed by atoms with Crippen LogP contribution in [-0.4, -0.2) is 34.0 Å². The van der Waals surface area contributed by atoms with Gasteiger partial charge in [-0.15, -0.1) is 0 Å². The van der Waals surface area contributed by atoms with Gasteiger partial charge in [0.05, 0.1) is 0 Å². The maximum atomic E-state index is 12.9. The third-order valence-electron chi connectivity index (χ3n) is 6.32. The molecule has 2 bridgehead atoms. The normalized spacial score (nSPS) is 34.9. The van der Waals surface area contributed by atoms with E-state index in [1.54, 1.807) is 0 Å². The molecule has 4 aliphatic rings. The van der Waals surface area contributed by atoms with Gasteiger partial charge in [0, 0.05) is 31.3 Å². The van der Waals surface area contributed by atoms with Gasteiger partial charge in [0.25, 0.3) is 0 Å². The van der Waals surface area contributed by atoms with E-state index in [2.05, 4.69) is 27.2 Å². The maximum absolute atomic E-state index is 12.9. The average molecular weight is 327 g/mol. The van der Waals surface area contributed by atoms with Crippen molar-refractivity contribution in [2.75, 3.05) is 13.1 Å². The number of piperidine rings is 1. The van der Waals surface area contributed by atoms with Gasteiger partial charge in [0.1, 0.15) is 0 Å². The quantitative estimate of drug-likeness (QED) is 0.798. The van der Waals surface area contributed by atoms with Crippen LogP contribution in [-0.2, 0) is 11.2 Å². The van der Waals surface area contributed by atoms with Crippen LogP contribution in [0.2, 0.25) is 0 Å². The number of aromatic nitrogens is 2.